The Morgan fingerprint density at radius 3 is 2.62 bits per heavy atom. The van der Waals surface area contributed by atoms with Gasteiger partial charge in [0.15, 0.2) is 0 Å². The number of H-pyrrole nitrogens is 1. The van der Waals surface area contributed by atoms with Crippen LogP contribution in [0.3, 0.4) is 0 Å². The zero-order valence-corrected chi connectivity index (χ0v) is 19.7. The molecular weight excluding hydrogens is 452 g/mol. The topological polar surface area (TPSA) is 129 Å². The molecule has 2 amide bonds. The van der Waals surface area contributed by atoms with Crippen molar-refractivity contribution in [3.05, 3.63) is 36.0 Å². The summed E-state index contributed by atoms with van der Waals surface area (Å²) < 4.78 is 0. The van der Waals surface area contributed by atoms with E-state index in [0.717, 1.165) is 16.5 Å². The van der Waals surface area contributed by atoms with E-state index in [1.807, 2.05) is 36.7 Å². The van der Waals surface area contributed by atoms with Crippen molar-refractivity contribution in [1.82, 2.24) is 15.2 Å². The van der Waals surface area contributed by atoms with E-state index in [1.54, 1.807) is 16.7 Å². The van der Waals surface area contributed by atoms with Gasteiger partial charge in [0.1, 0.15) is 6.04 Å². The number of benzene rings is 1. The molecule has 0 spiro atoms. The predicted octanol–water partition coefficient (Wildman–Crippen LogP) is 2.02. The normalized spacial score (nSPS) is 16.2. The fraction of sp³-hybridized carbons (Fsp3) is 0.500. The molecular formula is C22H31ClN4O4S. The minimum Gasteiger partial charge on any atom is -0.480 e. The smallest absolute Gasteiger partial charge is 0.326 e. The van der Waals surface area contributed by atoms with Crippen molar-refractivity contribution in [2.24, 2.45) is 11.7 Å². The monoisotopic (exact) mass is 482 g/mol. The Hall–Kier alpha value is -2.23. The fourth-order valence-corrected chi connectivity index (χ4v) is 4.48. The second kappa shape index (κ2) is 12.1. The van der Waals surface area contributed by atoms with Crippen LogP contribution >= 0.6 is 24.2 Å². The summed E-state index contributed by atoms with van der Waals surface area (Å²) in [6.07, 6.45) is 5.64. The fourth-order valence-electron chi connectivity index (χ4n) is 4.00. The quantitative estimate of drug-likeness (QED) is 0.433. The van der Waals surface area contributed by atoms with Gasteiger partial charge in [-0.25, -0.2) is 4.79 Å². The number of carboxylic acid groups (broad SMARTS) is 1. The number of rotatable bonds is 9. The summed E-state index contributed by atoms with van der Waals surface area (Å²) in [5, 5.41) is 13.0. The molecule has 0 aliphatic carbocycles. The molecule has 2 atom stereocenters. The van der Waals surface area contributed by atoms with Crippen LogP contribution in [0.1, 0.15) is 24.8 Å². The number of hydrogen-bond donors (Lipinski definition) is 4. The summed E-state index contributed by atoms with van der Waals surface area (Å²) in [4.78, 5) is 41.6. The molecule has 5 N–H and O–H groups in total. The predicted molar refractivity (Wildman–Crippen MR) is 129 cm³/mol. The average Bonchev–Trinajstić information content (AvgIpc) is 3.18. The molecule has 1 fully saturated rings. The summed E-state index contributed by atoms with van der Waals surface area (Å²) in [6, 6.07) is 6.38. The van der Waals surface area contributed by atoms with Crippen LogP contribution in [0.4, 0.5) is 0 Å². The lowest BCUT2D eigenvalue weighted by molar-refractivity contribution is -0.143. The van der Waals surface area contributed by atoms with Gasteiger partial charge in [0, 0.05) is 36.1 Å². The van der Waals surface area contributed by atoms with E-state index < -0.39 is 18.1 Å². The number of aromatic nitrogens is 1. The number of aromatic amines is 1. The highest BCUT2D eigenvalue weighted by molar-refractivity contribution is 7.98. The first-order valence-corrected chi connectivity index (χ1v) is 11.9. The number of para-hydroxylation sites is 1. The molecule has 0 unspecified atom stereocenters. The van der Waals surface area contributed by atoms with Crippen LogP contribution in [0.2, 0.25) is 0 Å². The first kappa shape index (κ1) is 26.0. The standard InChI is InChI=1S/C22H30N4O4S.ClH/c1-31-11-8-19(22(29)30)25-20(27)14-6-9-26(10-7-14)21(28)17(23)12-15-13-24-18-5-3-2-4-16(15)18;/h2-5,13-14,17,19,24H,6-12,23H2,1H3,(H,25,27)(H,29,30);1H/t17-,19-;/m0./s1. The minimum atomic E-state index is -1.02. The number of carbonyl (C=O) groups excluding carboxylic acids is 2. The highest BCUT2D eigenvalue weighted by Crippen LogP contribution is 2.21. The SMILES string of the molecule is CSCC[C@H](NC(=O)C1CCN(C(=O)[C@@H](N)Cc2c[nH]c3ccccc23)CC1)C(=O)O.Cl. The molecule has 1 aliphatic heterocycles. The van der Waals surface area contributed by atoms with Gasteiger partial charge in [0.2, 0.25) is 11.8 Å². The maximum absolute atomic E-state index is 12.8. The van der Waals surface area contributed by atoms with E-state index in [-0.39, 0.29) is 30.1 Å². The largest absolute Gasteiger partial charge is 0.480 e. The first-order valence-electron chi connectivity index (χ1n) is 10.5. The van der Waals surface area contributed by atoms with E-state index in [4.69, 9.17) is 5.73 Å². The van der Waals surface area contributed by atoms with Gasteiger partial charge in [0.05, 0.1) is 6.04 Å². The van der Waals surface area contributed by atoms with Gasteiger partial charge in [-0.1, -0.05) is 18.2 Å². The number of nitrogens with two attached hydrogens (primary N) is 1. The van der Waals surface area contributed by atoms with Crippen LogP contribution in [0, 0.1) is 5.92 Å². The van der Waals surface area contributed by atoms with E-state index >= 15 is 0 Å². The molecule has 1 aromatic heterocycles. The van der Waals surface area contributed by atoms with Crippen molar-refractivity contribution < 1.29 is 19.5 Å². The van der Waals surface area contributed by atoms with E-state index in [1.165, 1.54) is 0 Å². The van der Waals surface area contributed by atoms with Crippen LogP contribution in [0.25, 0.3) is 10.9 Å². The highest BCUT2D eigenvalue weighted by Gasteiger charge is 2.31. The number of piperidine rings is 1. The molecule has 176 valence electrons. The third-order valence-electron chi connectivity index (χ3n) is 5.83. The van der Waals surface area contributed by atoms with Crippen LogP contribution in [-0.4, -0.2) is 70.0 Å². The third kappa shape index (κ3) is 6.40. The summed E-state index contributed by atoms with van der Waals surface area (Å²) >= 11 is 1.55. The Morgan fingerprint density at radius 2 is 1.97 bits per heavy atom. The molecule has 0 saturated carbocycles. The molecule has 0 radical (unpaired) electrons. The van der Waals surface area contributed by atoms with E-state index in [9.17, 15) is 19.5 Å². The molecule has 32 heavy (non-hydrogen) atoms. The molecule has 2 aromatic rings. The zero-order valence-electron chi connectivity index (χ0n) is 18.1. The van der Waals surface area contributed by atoms with Gasteiger partial charge in [-0.15, -0.1) is 12.4 Å². The van der Waals surface area contributed by atoms with E-state index in [0.29, 0.717) is 44.5 Å². The number of likely N-dealkylation sites (tertiary alicyclic amines) is 1. The first-order chi connectivity index (χ1) is 14.9. The molecule has 10 heteroatoms. The number of amides is 2. The molecule has 3 rings (SSSR count). The number of halogens is 1. The molecule has 8 nitrogen and oxygen atoms in total. The summed E-state index contributed by atoms with van der Waals surface area (Å²) in [5.41, 5.74) is 8.24. The zero-order chi connectivity index (χ0) is 22.4. The van der Waals surface area contributed by atoms with Crippen molar-refractivity contribution in [2.45, 2.75) is 37.8 Å². The van der Waals surface area contributed by atoms with Crippen LogP contribution in [0.15, 0.2) is 30.5 Å². The second-order valence-corrected chi connectivity index (χ2v) is 8.94. The van der Waals surface area contributed by atoms with Gasteiger partial charge >= 0.3 is 5.97 Å². The maximum atomic E-state index is 12.8. The lowest BCUT2D eigenvalue weighted by atomic mass is 9.94. The number of thioether (sulfide) groups is 1. The minimum absolute atomic E-state index is 0. The highest BCUT2D eigenvalue weighted by atomic mass is 35.5. The number of carbonyl (C=O) groups is 3. The Balaban J connectivity index is 0.00000363. The second-order valence-electron chi connectivity index (χ2n) is 7.95. The van der Waals surface area contributed by atoms with Crippen molar-refractivity contribution in [3.8, 4) is 0 Å². The van der Waals surface area contributed by atoms with Crippen molar-refractivity contribution in [1.29, 1.82) is 0 Å². The van der Waals surface area contributed by atoms with Crippen molar-refractivity contribution >= 4 is 52.9 Å². The van der Waals surface area contributed by atoms with Crippen molar-refractivity contribution in [3.63, 3.8) is 0 Å². The van der Waals surface area contributed by atoms with Gasteiger partial charge in [-0.2, -0.15) is 11.8 Å². The van der Waals surface area contributed by atoms with Gasteiger partial charge in [-0.3, -0.25) is 9.59 Å². The lowest BCUT2D eigenvalue weighted by Gasteiger charge is -2.33. The van der Waals surface area contributed by atoms with Crippen LogP contribution in [0.5, 0.6) is 0 Å². The number of hydrogen-bond acceptors (Lipinski definition) is 5. The van der Waals surface area contributed by atoms with Crippen LogP contribution in [-0.2, 0) is 20.8 Å². The molecule has 0 bridgehead atoms. The molecule has 1 saturated heterocycles. The van der Waals surface area contributed by atoms with Gasteiger partial charge < -0.3 is 26.0 Å². The Bertz CT molecular complexity index is 930. The number of nitrogens with one attached hydrogen (secondary N) is 2. The number of nitrogens with zero attached hydrogens (tertiary/aromatic N) is 1. The Kier molecular flexibility index (Phi) is 9.86. The number of carboxylic acids is 1. The molecule has 1 aliphatic rings. The summed E-state index contributed by atoms with van der Waals surface area (Å²) in [7, 11) is 0. The van der Waals surface area contributed by atoms with E-state index in [2.05, 4.69) is 10.3 Å². The third-order valence-corrected chi connectivity index (χ3v) is 6.48. The maximum Gasteiger partial charge on any atom is 0.326 e. The van der Waals surface area contributed by atoms with Crippen molar-refractivity contribution in [2.75, 3.05) is 25.1 Å². The Morgan fingerprint density at radius 1 is 1.28 bits per heavy atom. The number of fused-ring (bicyclic) bond motifs is 1. The van der Waals surface area contributed by atoms with Crippen LogP contribution < -0.4 is 11.1 Å². The van der Waals surface area contributed by atoms with Gasteiger partial charge in [-0.05, 0) is 49.3 Å². The Labute approximate surface area is 198 Å². The summed E-state index contributed by atoms with van der Waals surface area (Å²) in [5.74, 6) is -1.00. The number of aliphatic carboxylic acids is 1. The summed E-state index contributed by atoms with van der Waals surface area (Å²) in [6.45, 7) is 0.891. The van der Waals surface area contributed by atoms with Gasteiger partial charge in [0.25, 0.3) is 0 Å². The molecule has 2 heterocycles. The molecule has 1 aromatic carbocycles. The average molecular weight is 483 g/mol. The lowest BCUT2D eigenvalue weighted by Crippen LogP contribution is -2.51.